The van der Waals surface area contributed by atoms with E-state index in [0.717, 1.165) is 5.56 Å². The molecule has 0 spiro atoms. The fraction of sp³-hybridized carbons (Fsp3) is 0.400. The van der Waals surface area contributed by atoms with E-state index >= 15 is 0 Å². The smallest absolute Gasteiger partial charge is 0.324 e. The highest BCUT2D eigenvalue weighted by Gasteiger charge is 2.60. The summed E-state index contributed by atoms with van der Waals surface area (Å²) in [4.78, 5) is 15.0. The first-order valence-electron chi connectivity index (χ1n) is 4.53. The van der Waals surface area contributed by atoms with Crippen molar-refractivity contribution in [3.63, 3.8) is 0 Å². The number of carboxylic acids is 1. The number of carbonyl (C=O) groups is 1. The lowest BCUT2D eigenvalue weighted by atomic mass is 10.1. The van der Waals surface area contributed by atoms with E-state index < -0.39 is 11.5 Å². The molecule has 1 saturated carbocycles. The number of aromatic nitrogens is 1. The Bertz CT molecular complexity index is 352. The third-order valence-corrected chi connectivity index (χ3v) is 2.88. The van der Waals surface area contributed by atoms with Crippen molar-refractivity contribution in [3.05, 3.63) is 30.1 Å². The van der Waals surface area contributed by atoms with Crippen LogP contribution in [0.25, 0.3) is 0 Å². The van der Waals surface area contributed by atoms with Crippen LogP contribution in [0.3, 0.4) is 0 Å². The molecule has 2 atom stereocenters. The van der Waals surface area contributed by atoms with Gasteiger partial charge in [-0.1, -0.05) is 6.07 Å². The van der Waals surface area contributed by atoms with Crippen LogP contribution >= 0.6 is 0 Å². The SMILES string of the molecule is CNC1(C(=O)O)CC1c1cccnc1. The highest BCUT2D eigenvalue weighted by molar-refractivity contribution is 5.85. The zero-order chi connectivity index (χ0) is 10.2. The van der Waals surface area contributed by atoms with E-state index in [1.807, 2.05) is 12.1 Å². The van der Waals surface area contributed by atoms with E-state index in [4.69, 9.17) is 5.11 Å². The molecule has 4 heteroatoms. The second-order valence-electron chi connectivity index (χ2n) is 3.57. The number of nitrogens with one attached hydrogen (secondary N) is 1. The first-order valence-corrected chi connectivity index (χ1v) is 4.53. The Balaban J connectivity index is 2.22. The molecule has 1 heterocycles. The molecule has 4 nitrogen and oxygen atoms in total. The molecule has 0 aliphatic heterocycles. The molecule has 1 fully saturated rings. The summed E-state index contributed by atoms with van der Waals surface area (Å²) >= 11 is 0. The third kappa shape index (κ3) is 1.19. The minimum Gasteiger partial charge on any atom is -0.480 e. The predicted octanol–water partition coefficient (Wildman–Crippen LogP) is 0.612. The summed E-state index contributed by atoms with van der Waals surface area (Å²) in [5.74, 6) is -0.729. The first kappa shape index (κ1) is 9.15. The fourth-order valence-corrected chi connectivity index (χ4v) is 1.87. The zero-order valence-corrected chi connectivity index (χ0v) is 7.90. The molecule has 1 aliphatic carbocycles. The Labute approximate surface area is 82.0 Å². The lowest BCUT2D eigenvalue weighted by Crippen LogP contribution is -2.38. The zero-order valence-electron chi connectivity index (χ0n) is 7.90. The van der Waals surface area contributed by atoms with Gasteiger partial charge in [0, 0.05) is 18.3 Å². The number of hydrogen-bond acceptors (Lipinski definition) is 3. The van der Waals surface area contributed by atoms with Gasteiger partial charge in [-0.3, -0.25) is 9.78 Å². The second kappa shape index (κ2) is 3.06. The molecule has 2 N–H and O–H groups in total. The quantitative estimate of drug-likeness (QED) is 0.736. The monoisotopic (exact) mass is 192 g/mol. The molecule has 1 aromatic rings. The Hall–Kier alpha value is -1.42. The molecule has 1 aromatic heterocycles. The standard InChI is InChI=1S/C10H12N2O2/c1-11-10(9(13)14)5-8(10)7-3-2-4-12-6-7/h2-4,6,8,11H,5H2,1H3,(H,13,14). The lowest BCUT2D eigenvalue weighted by molar-refractivity contribution is -0.140. The number of aliphatic carboxylic acids is 1. The van der Waals surface area contributed by atoms with Crippen LogP contribution in [0.2, 0.25) is 0 Å². The first-order chi connectivity index (χ1) is 6.70. The van der Waals surface area contributed by atoms with Crippen molar-refractivity contribution in [1.29, 1.82) is 0 Å². The van der Waals surface area contributed by atoms with E-state index in [2.05, 4.69) is 10.3 Å². The number of pyridine rings is 1. The maximum absolute atomic E-state index is 11.0. The second-order valence-corrected chi connectivity index (χ2v) is 3.57. The maximum Gasteiger partial charge on any atom is 0.324 e. The number of hydrogen-bond donors (Lipinski definition) is 2. The molecule has 0 saturated heterocycles. The van der Waals surface area contributed by atoms with Gasteiger partial charge in [0.05, 0.1) is 0 Å². The highest BCUT2D eigenvalue weighted by atomic mass is 16.4. The van der Waals surface area contributed by atoms with Crippen LogP contribution in [-0.2, 0) is 4.79 Å². The molecule has 0 bridgehead atoms. The average molecular weight is 192 g/mol. The molecule has 0 aromatic carbocycles. The number of rotatable bonds is 3. The minimum absolute atomic E-state index is 0.0544. The van der Waals surface area contributed by atoms with Gasteiger partial charge in [0.15, 0.2) is 0 Å². The van der Waals surface area contributed by atoms with Crippen molar-refractivity contribution in [2.24, 2.45) is 0 Å². The van der Waals surface area contributed by atoms with E-state index in [1.54, 1.807) is 19.4 Å². The largest absolute Gasteiger partial charge is 0.480 e. The molecular formula is C10H12N2O2. The van der Waals surface area contributed by atoms with Gasteiger partial charge >= 0.3 is 5.97 Å². The van der Waals surface area contributed by atoms with E-state index in [9.17, 15) is 4.79 Å². The van der Waals surface area contributed by atoms with Crippen molar-refractivity contribution < 1.29 is 9.90 Å². The summed E-state index contributed by atoms with van der Waals surface area (Å²) in [5.41, 5.74) is 0.229. The van der Waals surface area contributed by atoms with Crippen molar-refractivity contribution >= 4 is 5.97 Å². The van der Waals surface area contributed by atoms with Crippen molar-refractivity contribution in [2.75, 3.05) is 7.05 Å². The molecule has 2 unspecified atom stereocenters. The molecule has 14 heavy (non-hydrogen) atoms. The molecule has 0 radical (unpaired) electrons. The summed E-state index contributed by atoms with van der Waals surface area (Å²) in [6.07, 6.45) is 4.06. The third-order valence-electron chi connectivity index (χ3n) is 2.88. The van der Waals surface area contributed by atoms with Gasteiger partial charge < -0.3 is 10.4 Å². The van der Waals surface area contributed by atoms with E-state index in [1.165, 1.54) is 0 Å². The highest BCUT2D eigenvalue weighted by Crippen LogP contribution is 2.51. The van der Waals surface area contributed by atoms with E-state index in [-0.39, 0.29) is 5.92 Å². The maximum atomic E-state index is 11.0. The average Bonchev–Trinajstić information content (AvgIpc) is 2.95. The summed E-state index contributed by atoms with van der Waals surface area (Å²) in [5, 5.41) is 11.9. The normalized spacial score (nSPS) is 29.9. The van der Waals surface area contributed by atoms with Crippen molar-refractivity contribution in [3.8, 4) is 0 Å². The predicted molar refractivity (Wildman–Crippen MR) is 51.0 cm³/mol. The van der Waals surface area contributed by atoms with Gasteiger partial charge in [-0.15, -0.1) is 0 Å². The van der Waals surface area contributed by atoms with E-state index in [0.29, 0.717) is 6.42 Å². The summed E-state index contributed by atoms with van der Waals surface area (Å²) < 4.78 is 0. The Kier molecular flexibility index (Phi) is 2.00. The van der Waals surface area contributed by atoms with Crippen LogP contribution in [0.4, 0.5) is 0 Å². The van der Waals surface area contributed by atoms with Crippen LogP contribution in [0.15, 0.2) is 24.5 Å². The van der Waals surface area contributed by atoms with Crippen LogP contribution < -0.4 is 5.32 Å². The summed E-state index contributed by atoms with van der Waals surface area (Å²) in [7, 11) is 1.69. The Morgan fingerprint density at radius 1 is 1.79 bits per heavy atom. The molecule has 2 rings (SSSR count). The lowest BCUT2D eigenvalue weighted by Gasteiger charge is -2.10. The van der Waals surface area contributed by atoms with Gasteiger partial charge in [-0.2, -0.15) is 0 Å². The van der Waals surface area contributed by atoms with Crippen LogP contribution in [0, 0.1) is 0 Å². The molecule has 1 aliphatic rings. The van der Waals surface area contributed by atoms with Gasteiger partial charge in [0.25, 0.3) is 0 Å². The Morgan fingerprint density at radius 2 is 2.57 bits per heavy atom. The van der Waals surface area contributed by atoms with Crippen LogP contribution in [0.1, 0.15) is 17.9 Å². The summed E-state index contributed by atoms with van der Waals surface area (Å²) in [6, 6.07) is 3.75. The van der Waals surface area contributed by atoms with Crippen molar-refractivity contribution in [1.82, 2.24) is 10.3 Å². The minimum atomic E-state index is -0.783. The molecule has 74 valence electrons. The van der Waals surface area contributed by atoms with Crippen molar-refractivity contribution in [2.45, 2.75) is 17.9 Å². The molecular weight excluding hydrogens is 180 g/mol. The molecule has 0 amide bonds. The number of nitrogens with zero attached hydrogens (tertiary/aromatic N) is 1. The topological polar surface area (TPSA) is 62.2 Å². The van der Waals surface area contributed by atoms with Gasteiger partial charge in [-0.25, -0.2) is 0 Å². The Morgan fingerprint density at radius 3 is 3.00 bits per heavy atom. The van der Waals surface area contributed by atoms with Gasteiger partial charge in [0.2, 0.25) is 0 Å². The fourth-order valence-electron chi connectivity index (χ4n) is 1.87. The number of carboxylic acid groups (broad SMARTS) is 1. The van der Waals surface area contributed by atoms with Gasteiger partial charge in [-0.05, 0) is 25.1 Å². The summed E-state index contributed by atoms with van der Waals surface area (Å²) in [6.45, 7) is 0. The number of likely N-dealkylation sites (N-methyl/N-ethyl adjacent to an activating group) is 1. The van der Waals surface area contributed by atoms with Crippen LogP contribution in [-0.4, -0.2) is 28.6 Å². The van der Waals surface area contributed by atoms with Crippen LogP contribution in [0.5, 0.6) is 0 Å². The van der Waals surface area contributed by atoms with Gasteiger partial charge in [0.1, 0.15) is 5.54 Å².